The molecule has 0 radical (unpaired) electrons. The lowest BCUT2D eigenvalue weighted by Crippen LogP contribution is -2.49. The Hall–Kier alpha value is -1.35. The van der Waals surface area contributed by atoms with Crippen LogP contribution in [0.15, 0.2) is 24.3 Å². The monoisotopic (exact) mass is 380 g/mol. The zero-order valence-corrected chi connectivity index (χ0v) is 17.4. The zero-order valence-electron chi connectivity index (χ0n) is 17.4. The van der Waals surface area contributed by atoms with Crippen LogP contribution in [-0.2, 0) is 11.2 Å². The quantitative estimate of drug-likeness (QED) is 0.733. The van der Waals surface area contributed by atoms with E-state index in [9.17, 15) is 4.79 Å². The van der Waals surface area contributed by atoms with Crippen LogP contribution in [0.2, 0.25) is 0 Å². The predicted molar refractivity (Wildman–Crippen MR) is 115 cm³/mol. The first-order valence-electron chi connectivity index (χ1n) is 11.8. The molecule has 0 bridgehead atoms. The number of anilines is 1. The normalized spacial score (nSPS) is 29.5. The topological polar surface area (TPSA) is 23.6 Å². The highest BCUT2D eigenvalue weighted by Crippen LogP contribution is 2.44. The third kappa shape index (κ3) is 3.63. The van der Waals surface area contributed by atoms with Crippen molar-refractivity contribution in [2.24, 2.45) is 17.3 Å². The van der Waals surface area contributed by atoms with Crippen molar-refractivity contribution in [2.45, 2.75) is 70.6 Å². The molecule has 5 rings (SSSR count). The minimum atomic E-state index is 0.267. The van der Waals surface area contributed by atoms with Crippen molar-refractivity contribution in [1.82, 2.24) is 4.90 Å². The smallest absolute Gasteiger partial charge is 0.230 e. The summed E-state index contributed by atoms with van der Waals surface area (Å²) in [6.45, 7) is 4.65. The lowest BCUT2D eigenvalue weighted by molar-refractivity contribution is -0.122. The molecule has 1 spiro atoms. The average Bonchev–Trinajstić information content (AvgIpc) is 3.39. The highest BCUT2D eigenvalue weighted by Gasteiger charge is 2.45. The molecular formula is C25H36N2O. The molecule has 1 unspecified atom stereocenters. The fraction of sp³-hybridized carbons (Fsp3) is 0.720. The van der Waals surface area contributed by atoms with Gasteiger partial charge in [0.1, 0.15) is 0 Å². The van der Waals surface area contributed by atoms with Crippen LogP contribution in [0, 0.1) is 17.3 Å². The van der Waals surface area contributed by atoms with E-state index in [1.165, 1.54) is 82.3 Å². The number of fused-ring (bicyclic) bond motifs is 1. The lowest BCUT2D eigenvalue weighted by Gasteiger charge is -2.42. The first kappa shape index (κ1) is 18.7. The van der Waals surface area contributed by atoms with Gasteiger partial charge in [-0.05, 0) is 62.6 Å². The van der Waals surface area contributed by atoms with E-state index < -0.39 is 0 Å². The Morgan fingerprint density at radius 3 is 2.54 bits per heavy atom. The van der Waals surface area contributed by atoms with Crippen molar-refractivity contribution in [1.29, 1.82) is 0 Å². The Morgan fingerprint density at radius 2 is 1.71 bits per heavy atom. The summed E-state index contributed by atoms with van der Waals surface area (Å²) in [6, 6.07) is 8.72. The van der Waals surface area contributed by atoms with Crippen molar-refractivity contribution < 1.29 is 4.79 Å². The predicted octanol–water partition coefficient (Wildman–Crippen LogP) is 5.04. The van der Waals surface area contributed by atoms with E-state index in [4.69, 9.17) is 0 Å². The zero-order chi connectivity index (χ0) is 19.0. The van der Waals surface area contributed by atoms with Gasteiger partial charge in [0, 0.05) is 36.7 Å². The molecule has 0 aromatic heterocycles. The number of rotatable bonds is 3. The molecule has 3 heteroatoms. The Labute approximate surface area is 170 Å². The van der Waals surface area contributed by atoms with Gasteiger partial charge in [-0.3, -0.25) is 4.79 Å². The maximum absolute atomic E-state index is 13.4. The SMILES string of the molecule is O=C(C1CCCC1)N1CC2(CCN(CC3CCCCC3)C2)Cc2ccccc21. The molecule has 28 heavy (non-hydrogen) atoms. The van der Waals surface area contributed by atoms with Crippen LogP contribution in [0.1, 0.15) is 69.8 Å². The molecule has 3 nitrogen and oxygen atoms in total. The van der Waals surface area contributed by atoms with Gasteiger partial charge in [-0.2, -0.15) is 0 Å². The summed E-state index contributed by atoms with van der Waals surface area (Å²) in [7, 11) is 0. The summed E-state index contributed by atoms with van der Waals surface area (Å²) in [5, 5.41) is 0. The standard InChI is InChI=1S/C25H36N2O/c28-24(21-10-4-5-11-21)27-19-25(16-22-12-6-7-13-23(22)27)14-15-26(18-25)17-20-8-2-1-3-9-20/h6-7,12-13,20-21H,1-5,8-11,14-19H2. The molecule has 2 aliphatic carbocycles. The van der Waals surface area contributed by atoms with Gasteiger partial charge in [-0.15, -0.1) is 0 Å². The number of para-hydroxylation sites is 1. The summed E-state index contributed by atoms with van der Waals surface area (Å²) in [6.07, 6.45) is 14.2. The maximum atomic E-state index is 13.4. The van der Waals surface area contributed by atoms with Crippen LogP contribution < -0.4 is 4.90 Å². The van der Waals surface area contributed by atoms with Crippen molar-refractivity contribution >= 4 is 11.6 Å². The summed E-state index contributed by atoms with van der Waals surface area (Å²) >= 11 is 0. The van der Waals surface area contributed by atoms with Gasteiger partial charge < -0.3 is 9.80 Å². The number of amides is 1. The molecule has 0 N–H and O–H groups in total. The molecule has 1 atom stereocenters. The van der Waals surface area contributed by atoms with E-state index in [-0.39, 0.29) is 11.3 Å². The molecule has 2 saturated carbocycles. The van der Waals surface area contributed by atoms with E-state index in [2.05, 4.69) is 34.1 Å². The average molecular weight is 381 g/mol. The van der Waals surface area contributed by atoms with E-state index >= 15 is 0 Å². The minimum Gasteiger partial charge on any atom is -0.311 e. The Morgan fingerprint density at radius 1 is 0.964 bits per heavy atom. The van der Waals surface area contributed by atoms with Gasteiger partial charge in [0.05, 0.1) is 0 Å². The van der Waals surface area contributed by atoms with E-state index in [0.717, 1.165) is 31.7 Å². The number of likely N-dealkylation sites (tertiary alicyclic amines) is 1. The molecule has 152 valence electrons. The summed E-state index contributed by atoms with van der Waals surface area (Å²) < 4.78 is 0. The van der Waals surface area contributed by atoms with Crippen molar-refractivity contribution in [3.05, 3.63) is 29.8 Å². The van der Waals surface area contributed by atoms with Crippen LogP contribution in [0.5, 0.6) is 0 Å². The fourth-order valence-corrected chi connectivity index (χ4v) is 6.59. The fourth-order valence-electron chi connectivity index (χ4n) is 6.59. The van der Waals surface area contributed by atoms with Crippen LogP contribution in [0.25, 0.3) is 0 Å². The third-order valence-corrected chi connectivity index (χ3v) is 8.07. The summed E-state index contributed by atoms with van der Waals surface area (Å²) in [4.78, 5) is 18.4. The van der Waals surface area contributed by atoms with Gasteiger partial charge in [0.25, 0.3) is 0 Å². The van der Waals surface area contributed by atoms with Gasteiger partial charge in [-0.25, -0.2) is 0 Å². The molecule has 3 fully saturated rings. The maximum Gasteiger partial charge on any atom is 0.230 e. The second kappa shape index (κ2) is 7.82. The second-order valence-corrected chi connectivity index (χ2v) is 10.2. The summed E-state index contributed by atoms with van der Waals surface area (Å²) in [5.41, 5.74) is 2.88. The van der Waals surface area contributed by atoms with Crippen LogP contribution in [0.4, 0.5) is 5.69 Å². The van der Waals surface area contributed by atoms with Gasteiger partial charge in [0.15, 0.2) is 0 Å². The summed E-state index contributed by atoms with van der Waals surface area (Å²) in [5.74, 6) is 1.59. The molecule has 1 aromatic carbocycles. The van der Waals surface area contributed by atoms with Crippen molar-refractivity contribution in [3.8, 4) is 0 Å². The number of benzene rings is 1. The number of nitrogens with zero attached hydrogens (tertiary/aromatic N) is 2. The van der Waals surface area contributed by atoms with E-state index in [0.29, 0.717) is 5.91 Å². The molecular weight excluding hydrogens is 344 g/mol. The number of carbonyl (C=O) groups excluding carboxylic acids is 1. The van der Waals surface area contributed by atoms with Gasteiger partial charge >= 0.3 is 0 Å². The Balaban J connectivity index is 1.34. The molecule has 1 amide bonds. The van der Waals surface area contributed by atoms with Crippen LogP contribution >= 0.6 is 0 Å². The van der Waals surface area contributed by atoms with Gasteiger partial charge in [-0.1, -0.05) is 50.3 Å². The van der Waals surface area contributed by atoms with Gasteiger partial charge in [0.2, 0.25) is 5.91 Å². The number of hydrogen-bond acceptors (Lipinski definition) is 2. The third-order valence-electron chi connectivity index (χ3n) is 8.07. The lowest BCUT2D eigenvalue weighted by atomic mass is 9.76. The molecule has 1 saturated heterocycles. The largest absolute Gasteiger partial charge is 0.311 e. The minimum absolute atomic E-state index is 0.267. The first-order valence-corrected chi connectivity index (χ1v) is 11.8. The van der Waals surface area contributed by atoms with Crippen LogP contribution in [0.3, 0.4) is 0 Å². The van der Waals surface area contributed by atoms with Crippen LogP contribution in [-0.4, -0.2) is 37.0 Å². The Kier molecular flexibility index (Phi) is 5.21. The number of hydrogen-bond donors (Lipinski definition) is 0. The van der Waals surface area contributed by atoms with Crippen molar-refractivity contribution in [3.63, 3.8) is 0 Å². The van der Waals surface area contributed by atoms with Crippen molar-refractivity contribution in [2.75, 3.05) is 31.1 Å². The first-order chi connectivity index (χ1) is 13.7. The second-order valence-electron chi connectivity index (χ2n) is 10.2. The molecule has 2 aliphatic heterocycles. The molecule has 4 aliphatic rings. The molecule has 1 aromatic rings. The van der Waals surface area contributed by atoms with E-state index in [1.807, 2.05) is 0 Å². The molecule has 2 heterocycles. The number of carbonyl (C=O) groups is 1. The Bertz CT molecular complexity index is 704. The van der Waals surface area contributed by atoms with E-state index in [1.54, 1.807) is 0 Å². The highest BCUT2D eigenvalue weighted by molar-refractivity contribution is 5.96. The highest BCUT2D eigenvalue weighted by atomic mass is 16.2.